The number of aromatic carboxylic acids is 1. The lowest BCUT2D eigenvalue weighted by molar-refractivity contribution is 0.0690. The second kappa shape index (κ2) is 4.15. The van der Waals surface area contributed by atoms with Crippen LogP contribution in [-0.4, -0.2) is 22.6 Å². The van der Waals surface area contributed by atoms with Gasteiger partial charge in [0.05, 0.1) is 0 Å². The molecule has 16 heavy (non-hydrogen) atoms. The van der Waals surface area contributed by atoms with E-state index < -0.39 is 5.97 Å². The second-order valence-electron chi connectivity index (χ2n) is 3.51. The van der Waals surface area contributed by atoms with E-state index in [1.807, 2.05) is 6.07 Å². The third kappa shape index (κ3) is 1.77. The Balaban J connectivity index is 2.70. The normalized spacial score (nSPS) is 10.9. The molecule has 0 radical (unpaired) electrons. The first-order chi connectivity index (χ1) is 7.63. The summed E-state index contributed by atoms with van der Waals surface area (Å²) in [6.07, 6.45) is 0.531. The quantitative estimate of drug-likeness (QED) is 0.765. The van der Waals surface area contributed by atoms with Crippen molar-refractivity contribution in [3.05, 3.63) is 34.5 Å². The van der Waals surface area contributed by atoms with Crippen LogP contribution in [-0.2, 0) is 6.42 Å². The highest BCUT2D eigenvalue weighted by atomic mass is 35.5. The van der Waals surface area contributed by atoms with Gasteiger partial charge in [-0.3, -0.25) is 0 Å². The minimum atomic E-state index is -0.976. The highest BCUT2D eigenvalue weighted by molar-refractivity contribution is 6.31. The van der Waals surface area contributed by atoms with Gasteiger partial charge in [0.2, 0.25) is 0 Å². The van der Waals surface area contributed by atoms with Crippen LogP contribution in [0.2, 0.25) is 5.02 Å². The molecular formula is C11H11ClN2O2. The molecule has 0 unspecified atom stereocenters. The Kier molecular flexibility index (Phi) is 2.85. The van der Waals surface area contributed by atoms with Crippen molar-refractivity contribution in [2.45, 2.75) is 6.42 Å². The molecular weight excluding hydrogens is 228 g/mol. The fraction of sp³-hybridized carbons (Fsp3) is 0.182. The zero-order chi connectivity index (χ0) is 11.7. The van der Waals surface area contributed by atoms with Crippen LogP contribution in [0.25, 0.3) is 10.9 Å². The number of rotatable bonds is 3. The van der Waals surface area contributed by atoms with Crippen LogP contribution in [0.4, 0.5) is 0 Å². The number of halogens is 1. The minimum Gasteiger partial charge on any atom is -0.477 e. The molecule has 0 aliphatic heterocycles. The lowest BCUT2D eigenvalue weighted by atomic mass is 10.1. The number of benzene rings is 1. The molecule has 84 valence electrons. The number of carboxylic acids is 1. The summed E-state index contributed by atoms with van der Waals surface area (Å²) < 4.78 is 0. The maximum atomic E-state index is 11.0. The SMILES string of the molecule is NCCc1c(C(=O)O)[nH]c2cc(Cl)ccc12. The molecule has 4 nitrogen and oxygen atoms in total. The van der Waals surface area contributed by atoms with Crippen molar-refractivity contribution in [1.29, 1.82) is 0 Å². The second-order valence-corrected chi connectivity index (χ2v) is 3.95. The molecule has 0 spiro atoms. The standard InChI is InChI=1S/C11H11ClN2O2/c12-6-1-2-7-8(3-4-13)10(11(15)16)14-9(7)5-6/h1-2,5,14H,3-4,13H2,(H,15,16). The number of fused-ring (bicyclic) bond motifs is 1. The molecule has 0 saturated heterocycles. The number of nitrogens with one attached hydrogen (secondary N) is 1. The third-order valence-corrected chi connectivity index (χ3v) is 2.71. The van der Waals surface area contributed by atoms with Gasteiger partial charge >= 0.3 is 5.97 Å². The smallest absolute Gasteiger partial charge is 0.352 e. The molecule has 1 aromatic carbocycles. The molecule has 2 aromatic rings. The summed E-state index contributed by atoms with van der Waals surface area (Å²) in [6.45, 7) is 0.413. The molecule has 5 heteroatoms. The molecule has 0 atom stereocenters. The largest absolute Gasteiger partial charge is 0.477 e. The predicted molar refractivity (Wildman–Crippen MR) is 63.0 cm³/mol. The van der Waals surface area contributed by atoms with Crippen LogP contribution in [0.3, 0.4) is 0 Å². The number of hydrogen-bond acceptors (Lipinski definition) is 2. The van der Waals surface area contributed by atoms with Crippen LogP contribution < -0.4 is 5.73 Å². The van der Waals surface area contributed by atoms with Gasteiger partial charge in [-0.05, 0) is 30.7 Å². The molecule has 0 aliphatic rings. The molecule has 0 amide bonds. The Morgan fingerprint density at radius 3 is 2.88 bits per heavy atom. The summed E-state index contributed by atoms with van der Waals surface area (Å²) in [5, 5.41) is 10.5. The molecule has 0 saturated carbocycles. The van der Waals surface area contributed by atoms with E-state index in [1.54, 1.807) is 12.1 Å². The summed E-state index contributed by atoms with van der Waals surface area (Å²) >= 11 is 5.84. The van der Waals surface area contributed by atoms with Crippen LogP contribution in [0, 0.1) is 0 Å². The number of carboxylic acid groups (broad SMARTS) is 1. The number of nitrogens with two attached hydrogens (primary N) is 1. The van der Waals surface area contributed by atoms with Gasteiger partial charge in [-0.15, -0.1) is 0 Å². The van der Waals surface area contributed by atoms with Crippen molar-refractivity contribution in [3.63, 3.8) is 0 Å². The van der Waals surface area contributed by atoms with Crippen LogP contribution in [0.15, 0.2) is 18.2 Å². The Hall–Kier alpha value is -1.52. The van der Waals surface area contributed by atoms with E-state index in [-0.39, 0.29) is 5.69 Å². The maximum Gasteiger partial charge on any atom is 0.352 e. The number of aromatic amines is 1. The van der Waals surface area contributed by atoms with Gasteiger partial charge in [0.15, 0.2) is 0 Å². The fourth-order valence-electron chi connectivity index (χ4n) is 1.81. The van der Waals surface area contributed by atoms with E-state index in [4.69, 9.17) is 22.4 Å². The number of carbonyl (C=O) groups is 1. The van der Waals surface area contributed by atoms with Gasteiger partial charge < -0.3 is 15.8 Å². The zero-order valence-corrected chi connectivity index (χ0v) is 9.21. The van der Waals surface area contributed by atoms with Crippen molar-refractivity contribution in [2.24, 2.45) is 5.73 Å². The summed E-state index contributed by atoms with van der Waals surface area (Å²) in [5.74, 6) is -0.976. The Bertz CT molecular complexity index is 548. The lowest BCUT2D eigenvalue weighted by Crippen LogP contribution is -2.07. The first-order valence-corrected chi connectivity index (χ1v) is 5.24. The van der Waals surface area contributed by atoms with Gasteiger partial charge in [-0.1, -0.05) is 17.7 Å². The van der Waals surface area contributed by atoms with Gasteiger partial charge in [0, 0.05) is 15.9 Å². The van der Waals surface area contributed by atoms with Gasteiger partial charge in [-0.2, -0.15) is 0 Å². The highest BCUT2D eigenvalue weighted by Crippen LogP contribution is 2.25. The molecule has 4 N–H and O–H groups in total. The van der Waals surface area contributed by atoms with Gasteiger partial charge in [0.25, 0.3) is 0 Å². The molecule has 1 heterocycles. The van der Waals surface area contributed by atoms with Gasteiger partial charge in [0.1, 0.15) is 5.69 Å². The molecule has 0 fully saturated rings. The van der Waals surface area contributed by atoms with Crippen molar-refractivity contribution >= 4 is 28.5 Å². The van der Waals surface area contributed by atoms with Crippen molar-refractivity contribution in [1.82, 2.24) is 4.98 Å². The van der Waals surface area contributed by atoms with E-state index in [9.17, 15) is 4.79 Å². The third-order valence-electron chi connectivity index (χ3n) is 2.48. The average molecular weight is 239 g/mol. The van der Waals surface area contributed by atoms with Crippen LogP contribution in [0.1, 0.15) is 16.1 Å². The summed E-state index contributed by atoms with van der Waals surface area (Å²) in [4.78, 5) is 13.9. The predicted octanol–water partition coefficient (Wildman–Crippen LogP) is 2.02. The van der Waals surface area contributed by atoms with E-state index >= 15 is 0 Å². The Morgan fingerprint density at radius 2 is 2.25 bits per heavy atom. The lowest BCUT2D eigenvalue weighted by Gasteiger charge is -1.98. The monoisotopic (exact) mass is 238 g/mol. The average Bonchev–Trinajstić information content (AvgIpc) is 2.57. The first kappa shape index (κ1) is 11.0. The van der Waals surface area contributed by atoms with E-state index in [2.05, 4.69) is 4.98 Å². The number of aromatic nitrogens is 1. The van der Waals surface area contributed by atoms with Crippen molar-refractivity contribution < 1.29 is 9.90 Å². The molecule has 2 rings (SSSR count). The van der Waals surface area contributed by atoms with Crippen LogP contribution in [0.5, 0.6) is 0 Å². The summed E-state index contributed by atoms with van der Waals surface area (Å²) in [5.41, 5.74) is 7.14. The van der Waals surface area contributed by atoms with E-state index in [1.165, 1.54) is 0 Å². The molecule has 1 aromatic heterocycles. The van der Waals surface area contributed by atoms with E-state index in [0.717, 1.165) is 16.5 Å². The fourth-order valence-corrected chi connectivity index (χ4v) is 1.99. The maximum absolute atomic E-state index is 11.0. The highest BCUT2D eigenvalue weighted by Gasteiger charge is 2.16. The Labute approximate surface area is 97.0 Å². The summed E-state index contributed by atoms with van der Waals surface area (Å²) in [7, 11) is 0. The molecule has 0 aliphatic carbocycles. The van der Waals surface area contributed by atoms with Gasteiger partial charge in [-0.25, -0.2) is 4.79 Å². The topological polar surface area (TPSA) is 79.1 Å². The molecule has 0 bridgehead atoms. The number of H-pyrrole nitrogens is 1. The first-order valence-electron chi connectivity index (χ1n) is 4.87. The summed E-state index contributed by atoms with van der Waals surface area (Å²) in [6, 6.07) is 5.26. The minimum absolute atomic E-state index is 0.197. The zero-order valence-electron chi connectivity index (χ0n) is 8.46. The van der Waals surface area contributed by atoms with Crippen molar-refractivity contribution in [3.8, 4) is 0 Å². The van der Waals surface area contributed by atoms with Crippen LogP contribution >= 0.6 is 11.6 Å². The number of hydrogen-bond donors (Lipinski definition) is 3. The van der Waals surface area contributed by atoms with E-state index in [0.29, 0.717) is 18.0 Å². The Morgan fingerprint density at radius 1 is 1.50 bits per heavy atom. The van der Waals surface area contributed by atoms with Crippen molar-refractivity contribution in [2.75, 3.05) is 6.54 Å².